The Labute approximate surface area is 111 Å². The molecular formula is C12H19N5O2. The highest BCUT2D eigenvalue weighted by Crippen LogP contribution is 2.20. The van der Waals surface area contributed by atoms with Crippen molar-refractivity contribution in [2.75, 3.05) is 38.2 Å². The van der Waals surface area contributed by atoms with Crippen molar-refractivity contribution in [3.63, 3.8) is 0 Å². The molecule has 0 saturated heterocycles. The molecule has 0 radical (unpaired) electrons. The van der Waals surface area contributed by atoms with Gasteiger partial charge in [-0.2, -0.15) is 0 Å². The number of carbonyl (C=O) groups is 2. The summed E-state index contributed by atoms with van der Waals surface area (Å²) in [6, 6.07) is 4.44. The van der Waals surface area contributed by atoms with Crippen LogP contribution in [0.2, 0.25) is 0 Å². The first-order chi connectivity index (χ1) is 8.91. The first kappa shape index (κ1) is 14.6. The van der Waals surface area contributed by atoms with Crippen molar-refractivity contribution in [1.82, 2.24) is 10.2 Å². The molecule has 0 heterocycles. The third-order valence-corrected chi connectivity index (χ3v) is 2.42. The van der Waals surface area contributed by atoms with E-state index in [1.807, 2.05) is 0 Å². The second-order valence-corrected chi connectivity index (χ2v) is 4.22. The van der Waals surface area contributed by atoms with Gasteiger partial charge in [-0.25, -0.2) is 4.79 Å². The zero-order valence-electron chi connectivity index (χ0n) is 11.1. The molecule has 0 bridgehead atoms. The standard InChI is InChI=1S/C12H19N5O2/c1-17(2)11(18)9-4-3-8(13)7-10(9)15-5-6-16-12(14)19/h3-4,7,15H,5-6,13H2,1-2H3,(H3,14,16,19). The number of nitrogen functional groups attached to an aromatic ring is 1. The van der Waals surface area contributed by atoms with Crippen molar-refractivity contribution >= 4 is 23.3 Å². The fraction of sp³-hybridized carbons (Fsp3) is 0.333. The molecule has 6 N–H and O–H groups in total. The van der Waals surface area contributed by atoms with E-state index in [1.165, 1.54) is 4.90 Å². The maximum absolute atomic E-state index is 12.0. The Morgan fingerprint density at radius 1 is 1.26 bits per heavy atom. The van der Waals surface area contributed by atoms with Gasteiger partial charge in [-0.3, -0.25) is 4.79 Å². The van der Waals surface area contributed by atoms with Gasteiger partial charge in [0.1, 0.15) is 0 Å². The number of hydrogen-bond donors (Lipinski definition) is 4. The molecule has 19 heavy (non-hydrogen) atoms. The maximum Gasteiger partial charge on any atom is 0.312 e. The second-order valence-electron chi connectivity index (χ2n) is 4.22. The number of hydrogen-bond acceptors (Lipinski definition) is 4. The van der Waals surface area contributed by atoms with Crippen LogP contribution in [0.15, 0.2) is 18.2 Å². The Balaban J connectivity index is 2.77. The molecule has 104 valence electrons. The van der Waals surface area contributed by atoms with E-state index in [4.69, 9.17) is 11.5 Å². The van der Waals surface area contributed by atoms with Crippen LogP contribution in [-0.2, 0) is 0 Å². The molecular weight excluding hydrogens is 246 g/mol. The van der Waals surface area contributed by atoms with Crippen LogP contribution >= 0.6 is 0 Å². The van der Waals surface area contributed by atoms with Crippen LogP contribution in [0.4, 0.5) is 16.2 Å². The molecule has 0 unspecified atom stereocenters. The highest BCUT2D eigenvalue weighted by Gasteiger charge is 2.13. The number of nitrogens with one attached hydrogen (secondary N) is 2. The highest BCUT2D eigenvalue weighted by atomic mass is 16.2. The van der Waals surface area contributed by atoms with E-state index in [1.54, 1.807) is 32.3 Å². The Bertz CT molecular complexity index is 473. The van der Waals surface area contributed by atoms with Gasteiger partial charge in [0.05, 0.1) is 5.56 Å². The van der Waals surface area contributed by atoms with Crippen LogP contribution in [-0.4, -0.2) is 44.0 Å². The van der Waals surface area contributed by atoms with E-state index in [0.29, 0.717) is 30.0 Å². The van der Waals surface area contributed by atoms with Crippen molar-refractivity contribution in [2.45, 2.75) is 0 Å². The van der Waals surface area contributed by atoms with Gasteiger partial charge in [-0.1, -0.05) is 0 Å². The minimum atomic E-state index is -0.584. The smallest absolute Gasteiger partial charge is 0.312 e. The third-order valence-electron chi connectivity index (χ3n) is 2.42. The minimum absolute atomic E-state index is 0.120. The van der Waals surface area contributed by atoms with Crippen molar-refractivity contribution in [3.8, 4) is 0 Å². The Morgan fingerprint density at radius 3 is 2.53 bits per heavy atom. The number of benzene rings is 1. The Kier molecular flexibility index (Phi) is 4.99. The van der Waals surface area contributed by atoms with Crippen molar-refractivity contribution < 1.29 is 9.59 Å². The normalized spacial score (nSPS) is 9.79. The van der Waals surface area contributed by atoms with Crippen LogP contribution in [0, 0.1) is 0 Å². The van der Waals surface area contributed by atoms with Crippen LogP contribution in [0.1, 0.15) is 10.4 Å². The number of carbonyl (C=O) groups excluding carboxylic acids is 2. The SMILES string of the molecule is CN(C)C(=O)c1ccc(N)cc1NCCNC(N)=O. The van der Waals surface area contributed by atoms with Crippen LogP contribution < -0.4 is 22.1 Å². The molecule has 0 aliphatic carbocycles. The fourth-order valence-corrected chi connectivity index (χ4v) is 1.52. The molecule has 0 aliphatic heterocycles. The summed E-state index contributed by atoms with van der Waals surface area (Å²) in [5.74, 6) is -0.120. The number of anilines is 2. The van der Waals surface area contributed by atoms with Crippen LogP contribution in [0.3, 0.4) is 0 Å². The van der Waals surface area contributed by atoms with E-state index in [2.05, 4.69) is 10.6 Å². The minimum Gasteiger partial charge on any atom is -0.399 e. The predicted octanol–water partition coefficient (Wildman–Crippen LogP) is 0.0508. The van der Waals surface area contributed by atoms with Gasteiger partial charge in [-0.15, -0.1) is 0 Å². The van der Waals surface area contributed by atoms with E-state index < -0.39 is 6.03 Å². The monoisotopic (exact) mass is 265 g/mol. The molecule has 0 saturated carbocycles. The molecule has 0 aliphatic rings. The van der Waals surface area contributed by atoms with E-state index in [0.717, 1.165) is 0 Å². The lowest BCUT2D eigenvalue weighted by atomic mass is 10.1. The molecule has 0 aromatic heterocycles. The summed E-state index contributed by atoms with van der Waals surface area (Å²) in [4.78, 5) is 24.0. The molecule has 1 aromatic rings. The molecule has 0 atom stereocenters. The largest absolute Gasteiger partial charge is 0.399 e. The summed E-state index contributed by atoms with van der Waals surface area (Å²) in [7, 11) is 3.36. The van der Waals surface area contributed by atoms with E-state index in [-0.39, 0.29) is 5.91 Å². The molecule has 3 amide bonds. The third kappa shape index (κ3) is 4.38. The highest BCUT2D eigenvalue weighted by molar-refractivity contribution is 6.00. The fourth-order valence-electron chi connectivity index (χ4n) is 1.52. The lowest BCUT2D eigenvalue weighted by Crippen LogP contribution is -2.33. The van der Waals surface area contributed by atoms with Crippen LogP contribution in [0.25, 0.3) is 0 Å². The van der Waals surface area contributed by atoms with Gasteiger partial charge >= 0.3 is 6.03 Å². The van der Waals surface area contributed by atoms with Crippen molar-refractivity contribution in [2.24, 2.45) is 5.73 Å². The van der Waals surface area contributed by atoms with Crippen LogP contribution in [0.5, 0.6) is 0 Å². The van der Waals surface area contributed by atoms with Gasteiger partial charge in [0.25, 0.3) is 5.91 Å². The van der Waals surface area contributed by atoms with Gasteiger partial charge in [0, 0.05) is 38.6 Å². The summed E-state index contributed by atoms with van der Waals surface area (Å²) >= 11 is 0. The molecule has 0 fully saturated rings. The number of urea groups is 1. The number of primary amides is 1. The average molecular weight is 265 g/mol. The summed E-state index contributed by atoms with van der Waals surface area (Å²) in [6.45, 7) is 0.805. The summed E-state index contributed by atoms with van der Waals surface area (Å²) in [5.41, 5.74) is 12.4. The lowest BCUT2D eigenvalue weighted by molar-refractivity contribution is 0.0828. The summed E-state index contributed by atoms with van der Waals surface area (Å²) in [5, 5.41) is 5.50. The average Bonchev–Trinajstić information content (AvgIpc) is 2.33. The number of rotatable bonds is 5. The molecule has 7 heteroatoms. The zero-order valence-corrected chi connectivity index (χ0v) is 11.1. The van der Waals surface area contributed by atoms with E-state index in [9.17, 15) is 9.59 Å². The maximum atomic E-state index is 12.0. The summed E-state index contributed by atoms with van der Waals surface area (Å²) in [6.07, 6.45) is 0. The molecule has 0 spiro atoms. The van der Waals surface area contributed by atoms with Gasteiger partial charge in [0.2, 0.25) is 0 Å². The molecule has 1 aromatic carbocycles. The van der Waals surface area contributed by atoms with Gasteiger partial charge in [0.15, 0.2) is 0 Å². The van der Waals surface area contributed by atoms with Gasteiger partial charge in [-0.05, 0) is 18.2 Å². The first-order valence-corrected chi connectivity index (χ1v) is 5.80. The number of amides is 3. The second kappa shape index (κ2) is 6.48. The van der Waals surface area contributed by atoms with Crippen molar-refractivity contribution in [3.05, 3.63) is 23.8 Å². The quantitative estimate of drug-likeness (QED) is 0.445. The Morgan fingerprint density at radius 2 is 1.95 bits per heavy atom. The van der Waals surface area contributed by atoms with Gasteiger partial charge < -0.3 is 27.0 Å². The Hall–Kier alpha value is -2.44. The number of nitrogens with zero attached hydrogens (tertiary/aromatic N) is 1. The van der Waals surface area contributed by atoms with Crippen molar-refractivity contribution in [1.29, 1.82) is 0 Å². The molecule has 1 rings (SSSR count). The zero-order chi connectivity index (χ0) is 14.4. The summed E-state index contributed by atoms with van der Waals surface area (Å²) < 4.78 is 0. The lowest BCUT2D eigenvalue weighted by Gasteiger charge is -2.16. The van der Waals surface area contributed by atoms with E-state index >= 15 is 0 Å². The number of nitrogens with two attached hydrogens (primary N) is 2. The predicted molar refractivity (Wildman–Crippen MR) is 74.9 cm³/mol. The topological polar surface area (TPSA) is 113 Å². The molecule has 7 nitrogen and oxygen atoms in total. The first-order valence-electron chi connectivity index (χ1n) is 5.80.